The molecule has 1 fully saturated rings. The number of carbonyl (C=O) groups excluding carboxylic acids is 1. The molecule has 1 aromatic carbocycles. The predicted octanol–water partition coefficient (Wildman–Crippen LogP) is 2.50. The number of nitrogens with zero attached hydrogens (tertiary/aromatic N) is 2. The maximum atomic E-state index is 11.5. The van der Waals surface area contributed by atoms with Gasteiger partial charge in [0.1, 0.15) is 5.75 Å². The van der Waals surface area contributed by atoms with E-state index in [-0.39, 0.29) is 11.3 Å². The molecule has 0 aliphatic heterocycles. The lowest BCUT2D eigenvalue weighted by atomic mass is 9.85. The maximum absolute atomic E-state index is 11.5. The van der Waals surface area contributed by atoms with Gasteiger partial charge in [0.25, 0.3) is 0 Å². The van der Waals surface area contributed by atoms with Crippen molar-refractivity contribution in [2.75, 3.05) is 7.11 Å². The molecule has 20 heavy (non-hydrogen) atoms. The van der Waals surface area contributed by atoms with Crippen molar-refractivity contribution < 1.29 is 19.2 Å². The summed E-state index contributed by atoms with van der Waals surface area (Å²) in [6, 6.07) is 4.39. The van der Waals surface area contributed by atoms with Crippen molar-refractivity contribution >= 4 is 5.97 Å². The van der Waals surface area contributed by atoms with Crippen LogP contribution in [0.15, 0.2) is 22.7 Å². The van der Waals surface area contributed by atoms with Crippen LogP contribution < -0.4 is 0 Å². The Labute approximate surface area is 115 Å². The fourth-order valence-electron chi connectivity index (χ4n) is 2.15. The summed E-state index contributed by atoms with van der Waals surface area (Å²) in [5.74, 6) is 0.763. The second-order valence-electron chi connectivity index (χ2n) is 4.84. The molecular weight excluding hydrogens is 260 g/mol. The van der Waals surface area contributed by atoms with Gasteiger partial charge in [-0.05, 0) is 31.0 Å². The second-order valence-corrected chi connectivity index (χ2v) is 4.84. The van der Waals surface area contributed by atoms with Crippen LogP contribution in [0.3, 0.4) is 0 Å². The van der Waals surface area contributed by atoms with Crippen LogP contribution in [0, 0.1) is 0 Å². The summed E-state index contributed by atoms with van der Waals surface area (Å²) in [6.45, 7) is 0. The van der Waals surface area contributed by atoms with Crippen LogP contribution >= 0.6 is 0 Å². The smallest absolute Gasteiger partial charge is 0.338 e. The first-order valence-corrected chi connectivity index (χ1v) is 6.43. The molecule has 1 heterocycles. The Hall–Kier alpha value is -2.37. The van der Waals surface area contributed by atoms with E-state index in [2.05, 4.69) is 14.9 Å². The Kier molecular flexibility index (Phi) is 3.14. The van der Waals surface area contributed by atoms with Gasteiger partial charge in [0.2, 0.25) is 11.7 Å². The number of ether oxygens (including phenoxy) is 1. The van der Waals surface area contributed by atoms with Gasteiger partial charge in [-0.2, -0.15) is 4.98 Å². The Balaban J connectivity index is 1.94. The second kappa shape index (κ2) is 4.96. The van der Waals surface area contributed by atoms with Gasteiger partial charge in [-0.1, -0.05) is 11.6 Å². The van der Waals surface area contributed by atoms with Gasteiger partial charge in [0.05, 0.1) is 12.7 Å². The van der Waals surface area contributed by atoms with E-state index in [4.69, 9.17) is 4.52 Å². The molecule has 0 unspecified atom stereocenters. The number of esters is 1. The van der Waals surface area contributed by atoms with Crippen molar-refractivity contribution in [2.45, 2.75) is 25.2 Å². The monoisotopic (exact) mass is 274 g/mol. The topological polar surface area (TPSA) is 85.5 Å². The third-order valence-corrected chi connectivity index (χ3v) is 3.49. The van der Waals surface area contributed by atoms with Crippen LogP contribution in [0.4, 0.5) is 0 Å². The molecule has 1 aliphatic carbocycles. The summed E-state index contributed by atoms with van der Waals surface area (Å²) in [5, 5.41) is 13.6. The van der Waals surface area contributed by atoms with Gasteiger partial charge in [-0.25, -0.2) is 4.79 Å². The van der Waals surface area contributed by atoms with Crippen molar-refractivity contribution in [3.8, 4) is 17.1 Å². The van der Waals surface area contributed by atoms with Crippen LogP contribution in [0.25, 0.3) is 11.4 Å². The molecule has 0 bridgehead atoms. The Morgan fingerprint density at radius 3 is 2.85 bits per heavy atom. The highest BCUT2D eigenvalue weighted by molar-refractivity contribution is 5.91. The number of hydrogen-bond donors (Lipinski definition) is 1. The first-order valence-electron chi connectivity index (χ1n) is 6.43. The van der Waals surface area contributed by atoms with Crippen molar-refractivity contribution in [1.29, 1.82) is 0 Å². The number of aromatic nitrogens is 2. The minimum Gasteiger partial charge on any atom is -0.508 e. The third kappa shape index (κ3) is 2.24. The molecule has 104 valence electrons. The maximum Gasteiger partial charge on any atom is 0.338 e. The first kappa shape index (κ1) is 12.7. The minimum atomic E-state index is -0.523. The summed E-state index contributed by atoms with van der Waals surface area (Å²) < 4.78 is 9.87. The van der Waals surface area contributed by atoms with Crippen molar-refractivity contribution in [3.63, 3.8) is 0 Å². The number of methoxy groups -OCH3 is 1. The normalized spacial score (nSPS) is 14.8. The van der Waals surface area contributed by atoms with Crippen LogP contribution in [0.2, 0.25) is 0 Å². The lowest BCUT2D eigenvalue weighted by Crippen LogP contribution is -2.08. The summed E-state index contributed by atoms with van der Waals surface area (Å²) in [5.41, 5.74) is 0.775. The fourth-order valence-corrected chi connectivity index (χ4v) is 2.15. The summed E-state index contributed by atoms with van der Waals surface area (Å²) in [4.78, 5) is 15.8. The van der Waals surface area contributed by atoms with E-state index in [1.807, 2.05) is 0 Å². The van der Waals surface area contributed by atoms with Gasteiger partial charge < -0.3 is 14.4 Å². The average Bonchev–Trinajstić information content (AvgIpc) is 2.84. The Morgan fingerprint density at radius 1 is 1.40 bits per heavy atom. The molecule has 0 saturated heterocycles. The molecule has 1 saturated carbocycles. The van der Waals surface area contributed by atoms with Crippen molar-refractivity contribution in [3.05, 3.63) is 29.7 Å². The van der Waals surface area contributed by atoms with E-state index in [0.29, 0.717) is 23.2 Å². The third-order valence-electron chi connectivity index (χ3n) is 3.49. The molecule has 0 spiro atoms. The van der Waals surface area contributed by atoms with E-state index >= 15 is 0 Å². The minimum absolute atomic E-state index is 0.0436. The van der Waals surface area contributed by atoms with Crippen LogP contribution in [-0.2, 0) is 4.74 Å². The molecule has 6 heteroatoms. The standard InChI is InChI=1S/C14H14N2O4/c1-19-14(18)10-5-9(6-11(17)7-10)12-15-13(20-16-12)8-3-2-4-8/h5-8,17H,2-4H2,1H3. The molecule has 1 aliphatic rings. The molecular formula is C14H14N2O4. The van der Waals surface area contributed by atoms with Gasteiger partial charge >= 0.3 is 5.97 Å². The fraction of sp³-hybridized carbons (Fsp3) is 0.357. The van der Waals surface area contributed by atoms with E-state index in [1.54, 1.807) is 6.07 Å². The highest BCUT2D eigenvalue weighted by atomic mass is 16.5. The van der Waals surface area contributed by atoms with Crippen LogP contribution in [0.5, 0.6) is 5.75 Å². The number of phenols is 1. The number of carbonyl (C=O) groups is 1. The highest BCUT2D eigenvalue weighted by Crippen LogP contribution is 2.36. The van der Waals surface area contributed by atoms with Gasteiger partial charge in [-0.3, -0.25) is 0 Å². The van der Waals surface area contributed by atoms with Gasteiger partial charge in [0.15, 0.2) is 0 Å². The van der Waals surface area contributed by atoms with E-state index in [9.17, 15) is 9.90 Å². The molecule has 0 amide bonds. The zero-order valence-electron chi connectivity index (χ0n) is 11.0. The summed E-state index contributed by atoms with van der Waals surface area (Å²) in [6.07, 6.45) is 3.31. The quantitative estimate of drug-likeness (QED) is 0.865. The molecule has 1 aromatic heterocycles. The number of phenolic OH excluding ortho intramolecular Hbond substituents is 1. The SMILES string of the molecule is COC(=O)c1cc(O)cc(-c2noc(C3CCC3)n2)c1. The predicted molar refractivity (Wildman–Crippen MR) is 69.3 cm³/mol. The first-order chi connectivity index (χ1) is 9.67. The van der Waals surface area contributed by atoms with Crippen LogP contribution in [-0.4, -0.2) is 28.3 Å². The van der Waals surface area contributed by atoms with E-state index in [0.717, 1.165) is 12.8 Å². The Morgan fingerprint density at radius 2 is 2.20 bits per heavy atom. The lowest BCUT2D eigenvalue weighted by Gasteiger charge is -2.20. The molecule has 0 atom stereocenters. The Bertz CT molecular complexity index is 646. The number of benzene rings is 1. The zero-order valence-corrected chi connectivity index (χ0v) is 11.0. The molecule has 0 radical (unpaired) electrons. The van der Waals surface area contributed by atoms with Gasteiger partial charge in [0, 0.05) is 11.5 Å². The number of aromatic hydroxyl groups is 1. The summed E-state index contributed by atoms with van der Waals surface area (Å²) >= 11 is 0. The molecule has 6 nitrogen and oxygen atoms in total. The molecule has 1 N–H and O–H groups in total. The average molecular weight is 274 g/mol. The molecule has 2 aromatic rings. The zero-order chi connectivity index (χ0) is 14.1. The summed E-state index contributed by atoms with van der Waals surface area (Å²) in [7, 11) is 1.29. The van der Waals surface area contributed by atoms with Crippen LogP contribution in [0.1, 0.15) is 41.4 Å². The van der Waals surface area contributed by atoms with Gasteiger partial charge in [-0.15, -0.1) is 0 Å². The van der Waals surface area contributed by atoms with E-state index < -0.39 is 5.97 Å². The largest absolute Gasteiger partial charge is 0.508 e. The molecule has 3 rings (SSSR count). The highest BCUT2D eigenvalue weighted by Gasteiger charge is 2.25. The lowest BCUT2D eigenvalue weighted by molar-refractivity contribution is 0.0600. The van der Waals surface area contributed by atoms with E-state index in [1.165, 1.54) is 25.7 Å². The van der Waals surface area contributed by atoms with Crippen molar-refractivity contribution in [2.24, 2.45) is 0 Å². The number of hydrogen-bond acceptors (Lipinski definition) is 6. The number of rotatable bonds is 3. The van der Waals surface area contributed by atoms with Crippen molar-refractivity contribution in [1.82, 2.24) is 10.1 Å².